The van der Waals surface area contributed by atoms with E-state index in [2.05, 4.69) is 28.9 Å². The first-order chi connectivity index (χ1) is 16.4. The highest BCUT2D eigenvalue weighted by atomic mass is 32.2. The number of likely N-dealkylation sites (N-methyl/N-ethyl adjacent to an activating group) is 1. The van der Waals surface area contributed by atoms with E-state index >= 15 is 0 Å². The van der Waals surface area contributed by atoms with Gasteiger partial charge in [-0.2, -0.15) is 4.31 Å². The zero-order valence-corrected chi connectivity index (χ0v) is 21.9. The summed E-state index contributed by atoms with van der Waals surface area (Å²) >= 11 is 0. The summed E-state index contributed by atoms with van der Waals surface area (Å²) in [5.41, 5.74) is 0.547. The Labute approximate surface area is 209 Å². The molecule has 3 atom stereocenters. The summed E-state index contributed by atoms with van der Waals surface area (Å²) in [7, 11) is -1.90. The van der Waals surface area contributed by atoms with Crippen LogP contribution in [0, 0.1) is 17.8 Å². The number of hydrogen-bond acceptors (Lipinski definition) is 6. The van der Waals surface area contributed by atoms with Crippen molar-refractivity contribution in [3.63, 3.8) is 0 Å². The fourth-order valence-corrected chi connectivity index (χ4v) is 5.84. The molecular formula is C27H36N2O5S. The van der Waals surface area contributed by atoms with E-state index in [0.29, 0.717) is 12.1 Å². The van der Waals surface area contributed by atoms with Crippen molar-refractivity contribution in [3.05, 3.63) is 59.7 Å². The maximum atomic E-state index is 13.6. The highest BCUT2D eigenvalue weighted by Crippen LogP contribution is 2.34. The number of ether oxygens (including phenoxy) is 1. The van der Waals surface area contributed by atoms with Gasteiger partial charge in [-0.3, -0.25) is 4.90 Å². The Morgan fingerprint density at radius 2 is 1.91 bits per heavy atom. The third-order valence-electron chi connectivity index (χ3n) is 5.97. The van der Waals surface area contributed by atoms with E-state index in [1.54, 1.807) is 32.9 Å². The van der Waals surface area contributed by atoms with Gasteiger partial charge in [-0.15, -0.1) is 0 Å². The second-order valence-corrected chi connectivity index (χ2v) is 11.8. The highest BCUT2D eigenvalue weighted by molar-refractivity contribution is 7.89. The summed E-state index contributed by atoms with van der Waals surface area (Å²) in [6.45, 7) is 8.10. The Bertz CT molecular complexity index is 1170. The van der Waals surface area contributed by atoms with Crippen LogP contribution in [-0.4, -0.2) is 72.3 Å². The van der Waals surface area contributed by atoms with Gasteiger partial charge in [-0.05, 0) is 51.6 Å². The third kappa shape index (κ3) is 7.06. The Morgan fingerprint density at radius 3 is 2.54 bits per heavy atom. The summed E-state index contributed by atoms with van der Waals surface area (Å²) in [6, 6.07) is 14.3. The van der Waals surface area contributed by atoms with Gasteiger partial charge in [-0.25, -0.2) is 8.42 Å². The molecule has 3 rings (SSSR count). The van der Waals surface area contributed by atoms with Gasteiger partial charge in [0.25, 0.3) is 0 Å². The number of benzene rings is 2. The van der Waals surface area contributed by atoms with Crippen LogP contribution in [0.5, 0.6) is 5.75 Å². The molecule has 0 aliphatic carbocycles. The lowest BCUT2D eigenvalue weighted by Crippen LogP contribution is -2.49. The maximum Gasteiger partial charge on any atom is 0.247 e. The molecule has 0 saturated heterocycles. The lowest BCUT2D eigenvalue weighted by atomic mass is 10.0. The number of fused-ring (bicyclic) bond motifs is 1. The third-order valence-corrected chi connectivity index (χ3v) is 7.99. The minimum absolute atomic E-state index is 0.0502. The predicted molar refractivity (Wildman–Crippen MR) is 136 cm³/mol. The van der Waals surface area contributed by atoms with Crippen LogP contribution < -0.4 is 4.74 Å². The molecule has 8 heteroatoms. The van der Waals surface area contributed by atoms with Crippen LogP contribution in [0.15, 0.2) is 53.4 Å². The second kappa shape index (κ2) is 11.1. The van der Waals surface area contributed by atoms with E-state index in [9.17, 15) is 18.6 Å². The largest absolute Gasteiger partial charge is 0.487 e. The fraction of sp³-hybridized carbons (Fsp3) is 0.481. The second-order valence-electron chi connectivity index (χ2n) is 9.89. The number of aliphatic hydroxyl groups is 2. The van der Waals surface area contributed by atoms with E-state index in [1.165, 1.54) is 15.9 Å². The molecule has 0 radical (unpaired) electrons. The van der Waals surface area contributed by atoms with Gasteiger partial charge in [-0.1, -0.05) is 49.1 Å². The van der Waals surface area contributed by atoms with Crippen LogP contribution in [0.2, 0.25) is 0 Å². The summed E-state index contributed by atoms with van der Waals surface area (Å²) in [5, 5.41) is 19.8. The number of aliphatic hydroxyl groups excluding tert-OH is 1. The van der Waals surface area contributed by atoms with Gasteiger partial charge in [0.2, 0.25) is 10.0 Å². The molecule has 190 valence electrons. The van der Waals surface area contributed by atoms with Crippen molar-refractivity contribution in [2.24, 2.45) is 5.92 Å². The Hall–Kier alpha value is -2.41. The molecule has 0 unspecified atom stereocenters. The number of hydrogen-bond donors (Lipinski definition) is 2. The van der Waals surface area contributed by atoms with Crippen LogP contribution in [0.3, 0.4) is 0 Å². The van der Waals surface area contributed by atoms with E-state index in [0.717, 1.165) is 6.54 Å². The fourth-order valence-electron chi connectivity index (χ4n) is 4.01. The van der Waals surface area contributed by atoms with Crippen LogP contribution in [0.25, 0.3) is 0 Å². The average molecular weight is 501 g/mol. The molecule has 35 heavy (non-hydrogen) atoms. The van der Waals surface area contributed by atoms with Gasteiger partial charge in [0.15, 0.2) is 0 Å². The Morgan fingerprint density at radius 1 is 1.23 bits per heavy atom. The van der Waals surface area contributed by atoms with Gasteiger partial charge in [0.1, 0.15) is 22.4 Å². The molecule has 0 fully saturated rings. The van der Waals surface area contributed by atoms with Crippen LogP contribution >= 0.6 is 0 Å². The normalized spacial score (nSPS) is 21.1. The molecule has 1 aliphatic heterocycles. The minimum Gasteiger partial charge on any atom is -0.487 e. The summed E-state index contributed by atoms with van der Waals surface area (Å²) in [6.07, 6.45) is -0.302. The number of nitrogens with zero attached hydrogens (tertiary/aromatic N) is 2. The molecular weight excluding hydrogens is 464 g/mol. The molecule has 2 aromatic carbocycles. The molecule has 2 aromatic rings. The minimum atomic E-state index is -3.91. The Balaban J connectivity index is 2.00. The molecule has 7 nitrogen and oxygen atoms in total. The molecule has 0 amide bonds. The van der Waals surface area contributed by atoms with Crippen LogP contribution in [0.4, 0.5) is 0 Å². The van der Waals surface area contributed by atoms with Crippen LogP contribution in [-0.2, 0) is 16.6 Å². The molecule has 0 spiro atoms. The zero-order chi connectivity index (χ0) is 25.8. The van der Waals surface area contributed by atoms with E-state index in [-0.39, 0.29) is 35.8 Å². The SMILES string of the molecule is C[C@H]1CN([C@@H](C)CO)S(=O)(=O)c2ccc(C#CC(C)(C)O)cc2O[C@H]1CN(C)Cc1ccccc1. The predicted octanol–water partition coefficient (Wildman–Crippen LogP) is 2.71. The summed E-state index contributed by atoms with van der Waals surface area (Å²) < 4.78 is 34.9. The van der Waals surface area contributed by atoms with Crippen molar-refractivity contribution in [3.8, 4) is 17.6 Å². The summed E-state index contributed by atoms with van der Waals surface area (Å²) in [4.78, 5) is 2.21. The van der Waals surface area contributed by atoms with Crippen molar-refractivity contribution >= 4 is 10.0 Å². The van der Waals surface area contributed by atoms with E-state index < -0.39 is 21.7 Å². The van der Waals surface area contributed by atoms with Gasteiger partial charge in [0.05, 0.1) is 6.61 Å². The standard InChI is InChI=1S/C27H36N2O5S/c1-20-16-29(21(2)19-30)35(32,33)26-12-11-22(13-14-27(3,4)31)15-24(26)34-25(20)18-28(5)17-23-9-7-6-8-10-23/h6-12,15,20-21,25,30-31H,16-19H2,1-5H3/t20-,21-,25-/m0/s1. The molecule has 1 aliphatic rings. The van der Waals surface area contributed by atoms with Crippen molar-refractivity contribution < 1.29 is 23.4 Å². The zero-order valence-electron chi connectivity index (χ0n) is 21.1. The van der Waals surface area contributed by atoms with E-state index in [4.69, 9.17) is 4.74 Å². The van der Waals surface area contributed by atoms with Crippen LogP contribution in [0.1, 0.15) is 38.8 Å². The first kappa shape index (κ1) is 27.2. The van der Waals surface area contributed by atoms with Crippen molar-refractivity contribution in [2.45, 2.75) is 56.9 Å². The first-order valence-electron chi connectivity index (χ1n) is 11.8. The molecule has 0 aromatic heterocycles. The average Bonchev–Trinajstić information content (AvgIpc) is 2.79. The smallest absolute Gasteiger partial charge is 0.247 e. The monoisotopic (exact) mass is 500 g/mol. The van der Waals surface area contributed by atoms with Gasteiger partial charge in [0, 0.05) is 37.2 Å². The topological polar surface area (TPSA) is 90.3 Å². The van der Waals surface area contributed by atoms with Crippen molar-refractivity contribution in [2.75, 3.05) is 26.7 Å². The molecule has 1 heterocycles. The quantitative estimate of drug-likeness (QED) is 0.593. The highest BCUT2D eigenvalue weighted by Gasteiger charge is 2.38. The van der Waals surface area contributed by atoms with Gasteiger partial charge < -0.3 is 14.9 Å². The molecule has 0 saturated carbocycles. The molecule has 2 N–H and O–H groups in total. The maximum absolute atomic E-state index is 13.6. The van der Waals surface area contributed by atoms with Crippen molar-refractivity contribution in [1.82, 2.24) is 9.21 Å². The summed E-state index contributed by atoms with van der Waals surface area (Å²) in [5.74, 6) is 5.75. The number of rotatable bonds is 6. The Kier molecular flexibility index (Phi) is 8.63. The lowest BCUT2D eigenvalue weighted by molar-refractivity contribution is 0.0733. The molecule has 0 bridgehead atoms. The lowest BCUT2D eigenvalue weighted by Gasteiger charge is -2.37. The van der Waals surface area contributed by atoms with Gasteiger partial charge >= 0.3 is 0 Å². The van der Waals surface area contributed by atoms with Crippen molar-refractivity contribution in [1.29, 1.82) is 0 Å². The van der Waals surface area contributed by atoms with E-state index in [1.807, 2.05) is 32.2 Å². The first-order valence-corrected chi connectivity index (χ1v) is 13.3. The number of sulfonamides is 1.